The van der Waals surface area contributed by atoms with Gasteiger partial charge in [-0.25, -0.2) is 4.79 Å². The molecule has 1 aromatic carbocycles. The number of hydrogen-bond donors (Lipinski definition) is 1. The van der Waals surface area contributed by atoms with Gasteiger partial charge in [-0.2, -0.15) is 8.42 Å². The lowest BCUT2D eigenvalue weighted by Crippen LogP contribution is -2.30. The maximum absolute atomic E-state index is 12.0. The third-order valence-electron chi connectivity index (χ3n) is 4.29. The van der Waals surface area contributed by atoms with Crippen molar-refractivity contribution in [2.45, 2.75) is 38.2 Å². The smallest absolute Gasteiger partial charge is 0.407 e. The number of benzene rings is 1. The molecule has 0 saturated carbocycles. The predicted molar refractivity (Wildman–Crippen MR) is 122 cm³/mol. The third kappa shape index (κ3) is 14.9. The number of nitrogens with one attached hydrogen (secondary N) is 1. The van der Waals surface area contributed by atoms with Crippen molar-refractivity contribution < 1.29 is 41.1 Å². The molecule has 0 radical (unpaired) electrons. The Labute approximate surface area is 196 Å². The molecule has 1 aromatic rings. The highest BCUT2D eigenvalue weighted by molar-refractivity contribution is 7.86. The molecule has 0 aliphatic rings. The summed E-state index contributed by atoms with van der Waals surface area (Å²) in [6, 6.07) is 6.46. The molecule has 1 rings (SSSR count). The van der Waals surface area contributed by atoms with Crippen LogP contribution in [0.4, 0.5) is 4.79 Å². The van der Waals surface area contributed by atoms with Gasteiger partial charge in [-0.3, -0.25) is 4.18 Å². The maximum Gasteiger partial charge on any atom is 0.407 e. The van der Waals surface area contributed by atoms with E-state index in [2.05, 4.69) is 5.32 Å². The molecule has 0 aromatic heterocycles. The van der Waals surface area contributed by atoms with Crippen LogP contribution in [-0.2, 0) is 38.0 Å². The predicted octanol–water partition coefficient (Wildman–Crippen LogP) is 2.29. The van der Waals surface area contributed by atoms with Crippen molar-refractivity contribution in [3.05, 3.63) is 29.8 Å². The zero-order chi connectivity index (χ0) is 24.4. The number of carbonyl (C=O) groups excluding carboxylic acids is 1. The molecule has 0 aliphatic heterocycles. The van der Waals surface area contributed by atoms with E-state index in [1.54, 1.807) is 12.1 Å². The van der Waals surface area contributed by atoms with Gasteiger partial charge in [0.2, 0.25) is 0 Å². The van der Waals surface area contributed by atoms with Crippen LogP contribution in [0.1, 0.15) is 25.8 Å². The fourth-order valence-corrected chi connectivity index (χ4v) is 3.16. The average Bonchev–Trinajstić information content (AvgIpc) is 2.78. The summed E-state index contributed by atoms with van der Waals surface area (Å²) in [4.78, 5) is 11.5. The van der Waals surface area contributed by atoms with Gasteiger partial charge in [0.1, 0.15) is 6.10 Å². The van der Waals surface area contributed by atoms with Crippen molar-refractivity contribution in [1.82, 2.24) is 5.32 Å². The summed E-state index contributed by atoms with van der Waals surface area (Å²) < 4.78 is 55.4. The highest BCUT2D eigenvalue weighted by Crippen LogP contribution is 2.12. The molecule has 0 bridgehead atoms. The lowest BCUT2D eigenvalue weighted by Gasteiger charge is -2.12. The first-order chi connectivity index (χ1) is 15.8. The van der Waals surface area contributed by atoms with E-state index in [1.807, 2.05) is 20.8 Å². The van der Waals surface area contributed by atoms with E-state index in [0.717, 1.165) is 12.0 Å². The van der Waals surface area contributed by atoms with Crippen molar-refractivity contribution in [2.75, 3.05) is 66.0 Å². The Morgan fingerprint density at radius 3 is 1.85 bits per heavy atom. The molecular weight excluding hydrogens is 454 g/mol. The van der Waals surface area contributed by atoms with Gasteiger partial charge in [0, 0.05) is 6.54 Å². The standard InChI is InChI=1S/C22H37NO9S/c1-4-20(3)32-22(24)23-9-10-27-11-12-28-13-14-29-15-16-30-17-18-31-33(25,26)21-7-5-19(2)6-8-21/h5-8,20H,4,9-18H2,1-3H3,(H,23,24). The third-order valence-corrected chi connectivity index (χ3v) is 5.62. The van der Waals surface area contributed by atoms with Gasteiger partial charge in [-0.05, 0) is 32.4 Å². The lowest BCUT2D eigenvalue weighted by atomic mass is 10.2. The molecule has 0 fully saturated rings. The van der Waals surface area contributed by atoms with Gasteiger partial charge in [-0.1, -0.05) is 24.6 Å². The molecule has 0 aliphatic carbocycles. The summed E-state index contributed by atoms with van der Waals surface area (Å²) in [5.74, 6) is 0. The second-order valence-electron chi connectivity index (χ2n) is 7.09. The van der Waals surface area contributed by atoms with Crippen LogP contribution >= 0.6 is 0 Å². The molecule has 0 spiro atoms. The van der Waals surface area contributed by atoms with E-state index >= 15 is 0 Å². The van der Waals surface area contributed by atoms with Crippen molar-refractivity contribution in [3.8, 4) is 0 Å². The van der Waals surface area contributed by atoms with E-state index in [9.17, 15) is 13.2 Å². The number of rotatable bonds is 19. The summed E-state index contributed by atoms with van der Waals surface area (Å²) in [7, 11) is -3.77. The number of ether oxygens (including phenoxy) is 5. The van der Waals surface area contributed by atoms with Gasteiger partial charge in [0.05, 0.1) is 64.4 Å². The van der Waals surface area contributed by atoms with E-state index in [1.165, 1.54) is 12.1 Å². The lowest BCUT2D eigenvalue weighted by molar-refractivity contribution is -0.00415. The molecular formula is C22H37NO9S. The Morgan fingerprint density at radius 1 is 0.848 bits per heavy atom. The number of carbonyl (C=O) groups is 1. The Morgan fingerprint density at radius 2 is 1.33 bits per heavy atom. The van der Waals surface area contributed by atoms with Crippen LogP contribution in [0, 0.1) is 6.92 Å². The van der Waals surface area contributed by atoms with Crippen molar-refractivity contribution in [2.24, 2.45) is 0 Å². The summed E-state index contributed by atoms with van der Waals surface area (Å²) in [5, 5.41) is 2.61. The molecule has 10 nitrogen and oxygen atoms in total. The van der Waals surface area contributed by atoms with Crippen LogP contribution in [0.15, 0.2) is 29.2 Å². The van der Waals surface area contributed by atoms with Crippen LogP contribution in [0.5, 0.6) is 0 Å². The van der Waals surface area contributed by atoms with Crippen LogP contribution in [-0.4, -0.2) is 86.6 Å². The number of hydrogen-bond acceptors (Lipinski definition) is 9. The summed E-state index contributed by atoms with van der Waals surface area (Å²) in [6.07, 6.45) is 0.231. The van der Waals surface area contributed by atoms with Crippen LogP contribution in [0.2, 0.25) is 0 Å². The molecule has 190 valence electrons. The minimum Gasteiger partial charge on any atom is -0.447 e. The first-order valence-electron chi connectivity index (χ1n) is 11.1. The monoisotopic (exact) mass is 491 g/mol. The van der Waals surface area contributed by atoms with Crippen molar-refractivity contribution >= 4 is 16.2 Å². The Bertz CT molecular complexity index is 741. The second kappa shape index (κ2) is 17.7. The summed E-state index contributed by atoms with van der Waals surface area (Å²) in [5.41, 5.74) is 0.974. The molecule has 1 atom stereocenters. The van der Waals surface area contributed by atoms with Crippen LogP contribution < -0.4 is 5.32 Å². The topological polar surface area (TPSA) is 119 Å². The largest absolute Gasteiger partial charge is 0.447 e. The minimum atomic E-state index is -3.77. The van der Waals surface area contributed by atoms with Crippen molar-refractivity contribution in [3.63, 3.8) is 0 Å². The van der Waals surface area contributed by atoms with Crippen LogP contribution in [0.3, 0.4) is 0 Å². The first kappa shape index (κ1) is 29.3. The highest BCUT2D eigenvalue weighted by Gasteiger charge is 2.14. The Kier molecular flexibility index (Phi) is 15.7. The summed E-state index contributed by atoms with van der Waals surface area (Å²) in [6.45, 7) is 8.85. The van der Waals surface area contributed by atoms with Gasteiger partial charge >= 0.3 is 6.09 Å². The fourth-order valence-electron chi connectivity index (χ4n) is 2.27. The fraction of sp³-hybridized carbons (Fsp3) is 0.682. The Balaban J connectivity index is 1.85. The molecule has 0 heterocycles. The zero-order valence-electron chi connectivity index (χ0n) is 19.7. The number of amides is 1. The first-order valence-corrected chi connectivity index (χ1v) is 12.5. The van der Waals surface area contributed by atoms with Gasteiger partial charge in [-0.15, -0.1) is 0 Å². The molecule has 1 amide bonds. The van der Waals surface area contributed by atoms with Gasteiger partial charge in [0.15, 0.2) is 0 Å². The van der Waals surface area contributed by atoms with Gasteiger partial charge in [0.25, 0.3) is 10.1 Å². The van der Waals surface area contributed by atoms with Gasteiger partial charge < -0.3 is 29.0 Å². The SMILES string of the molecule is CCC(C)OC(=O)NCCOCCOCCOCCOCCOS(=O)(=O)c1ccc(C)cc1. The molecule has 33 heavy (non-hydrogen) atoms. The summed E-state index contributed by atoms with van der Waals surface area (Å²) >= 11 is 0. The van der Waals surface area contributed by atoms with E-state index in [4.69, 9.17) is 27.9 Å². The molecule has 0 saturated heterocycles. The molecule has 1 N–H and O–H groups in total. The van der Waals surface area contributed by atoms with E-state index in [0.29, 0.717) is 52.8 Å². The van der Waals surface area contributed by atoms with Crippen LogP contribution in [0.25, 0.3) is 0 Å². The second-order valence-corrected chi connectivity index (χ2v) is 8.70. The Hall–Kier alpha value is -1.76. The van der Waals surface area contributed by atoms with E-state index in [-0.39, 0.29) is 24.2 Å². The number of aryl methyl sites for hydroxylation is 1. The molecule has 1 unspecified atom stereocenters. The average molecular weight is 492 g/mol. The molecule has 11 heteroatoms. The van der Waals surface area contributed by atoms with E-state index < -0.39 is 16.2 Å². The zero-order valence-corrected chi connectivity index (χ0v) is 20.6. The maximum atomic E-state index is 12.0. The van der Waals surface area contributed by atoms with Crippen molar-refractivity contribution in [1.29, 1.82) is 0 Å². The number of alkyl carbamates (subject to hydrolysis) is 1. The minimum absolute atomic E-state index is 0.0616. The normalized spacial score (nSPS) is 12.5. The highest BCUT2D eigenvalue weighted by atomic mass is 32.2. The quantitative estimate of drug-likeness (QED) is 0.230.